The highest BCUT2D eigenvalue weighted by molar-refractivity contribution is 7.80. The van der Waals surface area contributed by atoms with Crippen LogP contribution in [0.2, 0.25) is 0 Å². The molecule has 5 heteroatoms. The van der Waals surface area contributed by atoms with Gasteiger partial charge < -0.3 is 10.6 Å². The van der Waals surface area contributed by atoms with Crippen molar-refractivity contribution in [2.24, 2.45) is 0 Å². The maximum atomic E-state index is 5.41. The predicted molar refractivity (Wildman–Crippen MR) is 98.5 cm³/mol. The van der Waals surface area contributed by atoms with Crippen molar-refractivity contribution in [1.82, 2.24) is 10.3 Å². The Morgan fingerprint density at radius 1 is 1.18 bits per heavy atom. The molecule has 2 N–H and O–H groups in total. The zero-order valence-corrected chi connectivity index (χ0v) is 14.4. The molecule has 0 amide bonds. The number of rotatable bonds is 3. The van der Waals surface area contributed by atoms with E-state index in [0.29, 0.717) is 6.04 Å². The lowest BCUT2D eigenvalue weighted by Gasteiger charge is -2.24. The van der Waals surface area contributed by atoms with Crippen LogP contribution in [0.4, 0.5) is 5.69 Å². The maximum absolute atomic E-state index is 5.41. The zero-order chi connectivity index (χ0) is 15.4. The largest absolute Gasteiger partial charge is 0.360 e. The van der Waals surface area contributed by atoms with Crippen molar-refractivity contribution in [1.29, 1.82) is 0 Å². The molecule has 0 atom stereocenters. The third kappa shape index (κ3) is 4.05. The van der Waals surface area contributed by atoms with Gasteiger partial charge in [0.05, 0.1) is 10.7 Å². The molecule has 1 saturated carbocycles. The number of thiazole rings is 1. The normalized spacial score (nSPS) is 15.5. The molecule has 0 unspecified atom stereocenters. The van der Waals surface area contributed by atoms with Gasteiger partial charge in [0, 0.05) is 22.7 Å². The Kier molecular flexibility index (Phi) is 5.05. The molecular formula is C17H21N3S2. The molecule has 1 fully saturated rings. The van der Waals surface area contributed by atoms with Gasteiger partial charge in [-0.05, 0) is 44.1 Å². The molecule has 1 heterocycles. The first-order valence-electron chi connectivity index (χ1n) is 7.81. The summed E-state index contributed by atoms with van der Waals surface area (Å²) in [5.41, 5.74) is 3.20. The smallest absolute Gasteiger partial charge is 0.170 e. The quantitative estimate of drug-likeness (QED) is 0.797. The molecule has 3 rings (SSSR count). The van der Waals surface area contributed by atoms with Crippen molar-refractivity contribution in [3.63, 3.8) is 0 Å². The average Bonchev–Trinajstić information content (AvgIpc) is 2.95. The van der Waals surface area contributed by atoms with Crippen molar-refractivity contribution in [2.45, 2.75) is 45.1 Å². The number of hydrogen-bond acceptors (Lipinski definition) is 3. The van der Waals surface area contributed by atoms with Crippen LogP contribution in [0.25, 0.3) is 11.3 Å². The van der Waals surface area contributed by atoms with Crippen molar-refractivity contribution >= 4 is 34.4 Å². The number of aromatic nitrogens is 1. The first-order valence-corrected chi connectivity index (χ1v) is 9.09. The Balaban J connectivity index is 1.57. The van der Waals surface area contributed by atoms with Gasteiger partial charge in [0.1, 0.15) is 0 Å². The lowest BCUT2D eigenvalue weighted by molar-refractivity contribution is 0.415. The van der Waals surface area contributed by atoms with Crippen LogP contribution in [0.3, 0.4) is 0 Å². The third-order valence-corrected chi connectivity index (χ3v) is 4.99. The summed E-state index contributed by atoms with van der Waals surface area (Å²) in [4.78, 5) is 4.51. The van der Waals surface area contributed by atoms with Gasteiger partial charge in [-0.1, -0.05) is 31.4 Å². The van der Waals surface area contributed by atoms with Crippen LogP contribution in [0, 0.1) is 6.92 Å². The van der Waals surface area contributed by atoms with Gasteiger partial charge in [0.15, 0.2) is 5.11 Å². The molecule has 0 bridgehead atoms. The Bertz CT molecular complexity index is 628. The number of nitrogens with zero attached hydrogens (tertiary/aromatic N) is 1. The van der Waals surface area contributed by atoms with Crippen LogP contribution in [-0.2, 0) is 0 Å². The average molecular weight is 332 g/mol. The molecule has 0 saturated heterocycles. The molecule has 0 aliphatic heterocycles. The Morgan fingerprint density at radius 2 is 1.91 bits per heavy atom. The molecule has 22 heavy (non-hydrogen) atoms. The van der Waals surface area contributed by atoms with E-state index < -0.39 is 0 Å². The van der Waals surface area contributed by atoms with Crippen LogP contribution < -0.4 is 10.6 Å². The summed E-state index contributed by atoms with van der Waals surface area (Å²) in [5, 5.41) is 10.6. The SMILES string of the molecule is Cc1nc(-c2ccc(NC(=S)NC3CCCCC3)cc2)cs1. The van der Waals surface area contributed by atoms with E-state index in [1.807, 2.05) is 6.92 Å². The Hall–Kier alpha value is -1.46. The lowest BCUT2D eigenvalue weighted by atomic mass is 9.96. The topological polar surface area (TPSA) is 37.0 Å². The van der Waals surface area contributed by atoms with Gasteiger partial charge in [-0.15, -0.1) is 11.3 Å². The summed E-state index contributed by atoms with van der Waals surface area (Å²) in [5.74, 6) is 0. The summed E-state index contributed by atoms with van der Waals surface area (Å²) in [6.45, 7) is 2.03. The number of hydrogen-bond donors (Lipinski definition) is 2. The predicted octanol–water partition coefficient (Wildman–Crippen LogP) is 4.74. The van der Waals surface area contributed by atoms with Gasteiger partial charge in [0.2, 0.25) is 0 Å². The summed E-state index contributed by atoms with van der Waals surface area (Å²) in [6, 6.07) is 8.81. The minimum atomic E-state index is 0.533. The van der Waals surface area contributed by atoms with Crippen LogP contribution in [0.1, 0.15) is 37.1 Å². The molecule has 0 spiro atoms. The first kappa shape index (κ1) is 15.4. The summed E-state index contributed by atoms with van der Waals surface area (Å²) < 4.78 is 0. The van der Waals surface area contributed by atoms with E-state index >= 15 is 0 Å². The van der Waals surface area contributed by atoms with Gasteiger partial charge in [-0.2, -0.15) is 0 Å². The monoisotopic (exact) mass is 331 g/mol. The van der Waals surface area contributed by atoms with Gasteiger partial charge >= 0.3 is 0 Å². The van der Waals surface area contributed by atoms with Crippen LogP contribution in [0.15, 0.2) is 29.6 Å². The maximum Gasteiger partial charge on any atom is 0.170 e. The molecule has 3 nitrogen and oxygen atoms in total. The van der Waals surface area contributed by atoms with Crippen LogP contribution in [-0.4, -0.2) is 16.1 Å². The van der Waals surface area contributed by atoms with E-state index in [4.69, 9.17) is 12.2 Å². The van der Waals surface area contributed by atoms with E-state index in [1.165, 1.54) is 32.1 Å². The van der Waals surface area contributed by atoms with E-state index in [9.17, 15) is 0 Å². The third-order valence-electron chi connectivity index (χ3n) is 4.00. The molecule has 1 aliphatic carbocycles. The molecule has 1 aliphatic rings. The minimum Gasteiger partial charge on any atom is -0.360 e. The van der Waals surface area contributed by atoms with Crippen molar-refractivity contribution < 1.29 is 0 Å². The number of benzene rings is 1. The first-order chi connectivity index (χ1) is 10.7. The molecule has 2 aromatic rings. The Morgan fingerprint density at radius 3 is 2.55 bits per heavy atom. The van der Waals surface area contributed by atoms with Crippen molar-refractivity contribution in [3.05, 3.63) is 34.7 Å². The number of aryl methyl sites for hydroxylation is 1. The lowest BCUT2D eigenvalue weighted by Crippen LogP contribution is -2.38. The molecule has 1 aromatic carbocycles. The Labute approximate surface area is 141 Å². The summed E-state index contributed by atoms with van der Waals surface area (Å²) >= 11 is 7.09. The molecule has 0 radical (unpaired) electrons. The highest BCUT2D eigenvalue weighted by Gasteiger charge is 2.13. The fourth-order valence-corrected chi connectivity index (χ4v) is 3.73. The van der Waals surface area contributed by atoms with Gasteiger partial charge in [-0.25, -0.2) is 4.98 Å². The zero-order valence-electron chi connectivity index (χ0n) is 12.8. The van der Waals surface area contributed by atoms with Crippen molar-refractivity contribution in [2.75, 3.05) is 5.32 Å². The van der Waals surface area contributed by atoms with Crippen LogP contribution >= 0.6 is 23.6 Å². The number of thiocarbonyl (C=S) groups is 1. The summed E-state index contributed by atoms with van der Waals surface area (Å²) in [6.07, 6.45) is 6.42. The van der Waals surface area contributed by atoms with Crippen molar-refractivity contribution in [3.8, 4) is 11.3 Å². The van der Waals surface area contributed by atoms with Crippen LogP contribution in [0.5, 0.6) is 0 Å². The molecular weight excluding hydrogens is 310 g/mol. The van der Waals surface area contributed by atoms with E-state index in [2.05, 4.69) is 45.3 Å². The second-order valence-electron chi connectivity index (χ2n) is 5.76. The highest BCUT2D eigenvalue weighted by atomic mass is 32.1. The second kappa shape index (κ2) is 7.20. The van der Waals surface area contributed by atoms with E-state index in [1.54, 1.807) is 11.3 Å². The fourth-order valence-electron chi connectivity index (χ4n) is 2.82. The highest BCUT2D eigenvalue weighted by Crippen LogP contribution is 2.23. The second-order valence-corrected chi connectivity index (χ2v) is 7.23. The van der Waals surface area contributed by atoms with E-state index in [-0.39, 0.29) is 0 Å². The summed E-state index contributed by atoms with van der Waals surface area (Å²) in [7, 11) is 0. The fraction of sp³-hybridized carbons (Fsp3) is 0.412. The minimum absolute atomic E-state index is 0.533. The number of anilines is 1. The van der Waals surface area contributed by atoms with Gasteiger partial charge in [-0.3, -0.25) is 0 Å². The molecule has 116 valence electrons. The number of nitrogens with one attached hydrogen (secondary N) is 2. The standard InChI is InChI=1S/C17H21N3S2/c1-12-18-16(11-22-12)13-7-9-15(10-8-13)20-17(21)19-14-5-3-2-4-6-14/h7-11,14H,2-6H2,1H3,(H2,19,20,21). The van der Waals surface area contributed by atoms with Gasteiger partial charge in [0.25, 0.3) is 0 Å². The molecule has 1 aromatic heterocycles. The van der Waals surface area contributed by atoms with E-state index in [0.717, 1.165) is 27.1 Å².